The van der Waals surface area contributed by atoms with Crippen LogP contribution < -0.4 is 0 Å². The van der Waals surface area contributed by atoms with Gasteiger partial charge in [0.15, 0.2) is 0 Å². The third kappa shape index (κ3) is 4.45. The maximum absolute atomic E-state index is 12.7. The Kier molecular flexibility index (Phi) is 6.07. The van der Waals surface area contributed by atoms with Gasteiger partial charge in [-0.25, -0.2) is 0 Å². The van der Waals surface area contributed by atoms with Crippen molar-refractivity contribution in [3.8, 4) is 0 Å². The topological polar surface area (TPSA) is 57.6 Å². The molecule has 4 heteroatoms. The van der Waals surface area contributed by atoms with Gasteiger partial charge in [-0.2, -0.15) is 0 Å². The highest BCUT2D eigenvalue weighted by Crippen LogP contribution is 2.31. The molecule has 0 aromatic rings. The van der Waals surface area contributed by atoms with Gasteiger partial charge in [-0.3, -0.25) is 9.59 Å². The Bertz CT molecular complexity index is 361. The Hall–Kier alpha value is -1.06. The van der Waals surface area contributed by atoms with Gasteiger partial charge in [-0.15, -0.1) is 0 Å². The molecule has 0 saturated heterocycles. The molecular weight excluding hydrogens is 266 g/mol. The number of carbonyl (C=O) groups is 2. The van der Waals surface area contributed by atoms with Crippen LogP contribution >= 0.6 is 0 Å². The van der Waals surface area contributed by atoms with Crippen LogP contribution in [0.1, 0.15) is 70.6 Å². The predicted molar refractivity (Wildman–Crippen MR) is 82.0 cm³/mol. The Morgan fingerprint density at radius 3 is 2.05 bits per heavy atom. The molecule has 4 nitrogen and oxygen atoms in total. The van der Waals surface area contributed by atoms with Crippen LogP contribution in [0, 0.1) is 11.8 Å². The maximum Gasteiger partial charge on any atom is 0.306 e. The molecule has 2 fully saturated rings. The van der Waals surface area contributed by atoms with E-state index in [0.29, 0.717) is 12.5 Å². The molecule has 2 unspecified atom stereocenters. The standard InChI is InChI=1S/C17H29NO3/c1-18(15-10-5-3-2-4-6-11-15)16(19)13-8-7-9-14(12-13)17(20)21/h13-15H,2-12H2,1H3,(H,20,21). The Morgan fingerprint density at radius 1 is 0.857 bits per heavy atom. The molecule has 0 aromatic carbocycles. The third-order valence-corrected chi connectivity index (χ3v) is 5.34. The number of hydrogen-bond acceptors (Lipinski definition) is 2. The van der Waals surface area contributed by atoms with Crippen molar-refractivity contribution in [3.63, 3.8) is 0 Å². The lowest BCUT2D eigenvalue weighted by atomic mass is 9.80. The van der Waals surface area contributed by atoms with E-state index in [9.17, 15) is 9.59 Å². The van der Waals surface area contributed by atoms with E-state index in [1.165, 1.54) is 32.1 Å². The van der Waals surface area contributed by atoms with Crippen LogP contribution in [0.4, 0.5) is 0 Å². The molecule has 0 heterocycles. The zero-order valence-electron chi connectivity index (χ0n) is 13.2. The van der Waals surface area contributed by atoms with E-state index in [4.69, 9.17) is 5.11 Å². The van der Waals surface area contributed by atoms with E-state index >= 15 is 0 Å². The van der Waals surface area contributed by atoms with Crippen LogP contribution in [-0.2, 0) is 9.59 Å². The number of rotatable bonds is 3. The van der Waals surface area contributed by atoms with Crippen molar-refractivity contribution >= 4 is 11.9 Å². The molecule has 1 N–H and O–H groups in total. The van der Waals surface area contributed by atoms with Crippen molar-refractivity contribution in [1.29, 1.82) is 0 Å². The van der Waals surface area contributed by atoms with Gasteiger partial charge in [0, 0.05) is 19.0 Å². The highest BCUT2D eigenvalue weighted by atomic mass is 16.4. The van der Waals surface area contributed by atoms with Crippen LogP contribution in [0.3, 0.4) is 0 Å². The second-order valence-electron chi connectivity index (χ2n) is 6.85. The van der Waals surface area contributed by atoms with Crippen molar-refractivity contribution in [1.82, 2.24) is 4.90 Å². The van der Waals surface area contributed by atoms with Gasteiger partial charge in [0.25, 0.3) is 0 Å². The van der Waals surface area contributed by atoms with Crippen LogP contribution in [0.2, 0.25) is 0 Å². The summed E-state index contributed by atoms with van der Waals surface area (Å²) in [6, 6.07) is 0.364. The van der Waals surface area contributed by atoms with Crippen LogP contribution in [-0.4, -0.2) is 35.0 Å². The number of amides is 1. The molecule has 2 aliphatic rings. The number of nitrogens with zero attached hydrogens (tertiary/aromatic N) is 1. The normalized spacial score (nSPS) is 28.4. The van der Waals surface area contributed by atoms with Crippen molar-refractivity contribution < 1.29 is 14.7 Å². The maximum atomic E-state index is 12.7. The van der Waals surface area contributed by atoms with E-state index in [1.54, 1.807) is 0 Å². The summed E-state index contributed by atoms with van der Waals surface area (Å²) in [6.45, 7) is 0. The van der Waals surface area contributed by atoms with E-state index < -0.39 is 5.97 Å². The van der Waals surface area contributed by atoms with Gasteiger partial charge in [-0.05, 0) is 32.1 Å². The van der Waals surface area contributed by atoms with Gasteiger partial charge in [0.1, 0.15) is 0 Å². The minimum absolute atomic E-state index is 0.0738. The number of carboxylic acids is 1. The summed E-state index contributed by atoms with van der Waals surface area (Å²) in [4.78, 5) is 25.8. The molecule has 1 amide bonds. The summed E-state index contributed by atoms with van der Waals surface area (Å²) in [6.07, 6.45) is 11.5. The lowest BCUT2D eigenvalue weighted by molar-refractivity contribution is -0.145. The second kappa shape index (κ2) is 7.81. The average Bonchev–Trinajstić information content (AvgIpc) is 2.45. The predicted octanol–water partition coefficient (Wildman–Crippen LogP) is 3.45. The van der Waals surface area contributed by atoms with E-state index in [1.807, 2.05) is 11.9 Å². The van der Waals surface area contributed by atoms with E-state index in [2.05, 4.69) is 0 Å². The van der Waals surface area contributed by atoms with Crippen molar-refractivity contribution in [2.75, 3.05) is 7.05 Å². The summed E-state index contributed by atoms with van der Waals surface area (Å²) < 4.78 is 0. The zero-order valence-corrected chi connectivity index (χ0v) is 13.2. The van der Waals surface area contributed by atoms with Gasteiger partial charge in [0.2, 0.25) is 5.91 Å². The Labute approximate surface area is 127 Å². The number of carbonyl (C=O) groups excluding carboxylic acids is 1. The monoisotopic (exact) mass is 295 g/mol. The Balaban J connectivity index is 1.92. The fourth-order valence-electron chi connectivity index (χ4n) is 3.93. The van der Waals surface area contributed by atoms with Crippen LogP contribution in [0.15, 0.2) is 0 Å². The largest absolute Gasteiger partial charge is 0.481 e. The molecule has 0 radical (unpaired) electrons. The lowest BCUT2D eigenvalue weighted by Crippen LogP contribution is -2.42. The molecule has 2 rings (SSSR count). The molecule has 0 bridgehead atoms. The Morgan fingerprint density at radius 2 is 1.43 bits per heavy atom. The summed E-state index contributed by atoms with van der Waals surface area (Å²) in [7, 11) is 1.93. The van der Waals surface area contributed by atoms with Crippen molar-refractivity contribution in [2.24, 2.45) is 11.8 Å². The van der Waals surface area contributed by atoms with Gasteiger partial charge in [0.05, 0.1) is 5.92 Å². The number of hydrogen-bond donors (Lipinski definition) is 1. The first kappa shape index (κ1) is 16.3. The van der Waals surface area contributed by atoms with Crippen LogP contribution in [0.5, 0.6) is 0 Å². The summed E-state index contributed by atoms with van der Waals surface area (Å²) in [5, 5.41) is 9.17. The quantitative estimate of drug-likeness (QED) is 0.867. The molecule has 120 valence electrons. The summed E-state index contributed by atoms with van der Waals surface area (Å²) in [5.74, 6) is -0.943. The first-order chi connectivity index (χ1) is 10.1. The van der Waals surface area contributed by atoms with E-state index in [-0.39, 0.29) is 17.7 Å². The molecular formula is C17H29NO3. The minimum atomic E-state index is -0.735. The highest BCUT2D eigenvalue weighted by Gasteiger charge is 2.34. The lowest BCUT2D eigenvalue weighted by Gasteiger charge is -2.34. The van der Waals surface area contributed by atoms with Gasteiger partial charge >= 0.3 is 5.97 Å². The molecule has 21 heavy (non-hydrogen) atoms. The van der Waals surface area contributed by atoms with Gasteiger partial charge in [-0.1, -0.05) is 38.5 Å². The molecule has 2 aliphatic carbocycles. The third-order valence-electron chi connectivity index (χ3n) is 5.34. The van der Waals surface area contributed by atoms with E-state index in [0.717, 1.165) is 32.1 Å². The highest BCUT2D eigenvalue weighted by molar-refractivity contribution is 5.80. The first-order valence-corrected chi connectivity index (χ1v) is 8.59. The summed E-state index contributed by atoms with van der Waals surface area (Å²) in [5.41, 5.74) is 0. The second-order valence-corrected chi connectivity index (χ2v) is 6.85. The molecule has 0 aromatic heterocycles. The van der Waals surface area contributed by atoms with Gasteiger partial charge < -0.3 is 10.0 Å². The first-order valence-electron chi connectivity index (χ1n) is 8.59. The molecule has 2 saturated carbocycles. The minimum Gasteiger partial charge on any atom is -0.481 e. The number of aliphatic carboxylic acids is 1. The summed E-state index contributed by atoms with van der Waals surface area (Å²) >= 11 is 0. The molecule has 2 atom stereocenters. The SMILES string of the molecule is CN(C(=O)C1CCCC(C(=O)O)C1)C1CCCCCCC1. The van der Waals surface area contributed by atoms with Crippen LogP contribution in [0.25, 0.3) is 0 Å². The molecule has 0 spiro atoms. The fourth-order valence-corrected chi connectivity index (χ4v) is 3.93. The van der Waals surface area contributed by atoms with Crippen molar-refractivity contribution in [3.05, 3.63) is 0 Å². The smallest absolute Gasteiger partial charge is 0.306 e. The fraction of sp³-hybridized carbons (Fsp3) is 0.882. The number of carboxylic acid groups (broad SMARTS) is 1. The molecule has 0 aliphatic heterocycles. The average molecular weight is 295 g/mol. The zero-order chi connectivity index (χ0) is 15.2. The van der Waals surface area contributed by atoms with Crippen molar-refractivity contribution in [2.45, 2.75) is 76.7 Å².